The zero-order valence-electron chi connectivity index (χ0n) is 23.9. The fourth-order valence-corrected chi connectivity index (χ4v) is 5.61. The summed E-state index contributed by atoms with van der Waals surface area (Å²) in [4.78, 5) is 29.2. The molecule has 1 aliphatic heterocycles. The smallest absolute Gasteiger partial charge is 0.396 e. The van der Waals surface area contributed by atoms with Gasteiger partial charge in [0.25, 0.3) is 11.8 Å². The number of nitrogens with one attached hydrogen (secondary N) is 2. The molecule has 4 aromatic rings. The molecule has 0 saturated carbocycles. The van der Waals surface area contributed by atoms with Crippen molar-refractivity contribution in [3.63, 3.8) is 0 Å². The highest BCUT2D eigenvalue weighted by atomic mass is 19.4. The summed E-state index contributed by atoms with van der Waals surface area (Å²) >= 11 is 0. The van der Waals surface area contributed by atoms with E-state index in [1.165, 1.54) is 39.9 Å². The largest absolute Gasteiger partial charge is 0.416 e. The first-order valence-corrected chi connectivity index (χ1v) is 14.1. The number of aromatic nitrogens is 2. The van der Waals surface area contributed by atoms with Crippen LogP contribution in [-0.2, 0) is 11.0 Å². The molecule has 0 spiro atoms. The molecule has 0 unspecified atom stereocenters. The number of para-hydroxylation sites is 1. The maximum atomic E-state index is 14.3. The minimum absolute atomic E-state index is 0.0588. The van der Waals surface area contributed by atoms with Crippen LogP contribution >= 0.6 is 0 Å². The van der Waals surface area contributed by atoms with Crippen molar-refractivity contribution in [1.82, 2.24) is 20.4 Å². The van der Waals surface area contributed by atoms with Crippen molar-refractivity contribution < 1.29 is 32.3 Å². The summed E-state index contributed by atoms with van der Waals surface area (Å²) < 4.78 is 56.0. The van der Waals surface area contributed by atoms with E-state index in [4.69, 9.17) is 5.10 Å². The Balaban J connectivity index is 1.75. The van der Waals surface area contributed by atoms with Crippen LogP contribution in [0.3, 0.4) is 0 Å². The Morgan fingerprint density at radius 2 is 1.80 bits per heavy atom. The average Bonchev–Trinajstić information content (AvgIpc) is 3.42. The van der Waals surface area contributed by atoms with Crippen LogP contribution in [0.15, 0.2) is 78.9 Å². The number of hydrogen-bond donors (Lipinski definition) is 3. The number of rotatable bonds is 9. The number of hydrogen-bond acceptors (Lipinski definition) is 6. The molecule has 1 aliphatic rings. The first-order chi connectivity index (χ1) is 21.6. The standard InChI is InChI=1S/C32H28F4N6O3/c1-2-41-30-26(27(24(15-16-43)38-18-37)40-42(30)23-9-4-3-5-10-23)25(19-11-13-22(33)14-12-19)28(31(41)45)39-29(44)20-7-6-8-21(17-20)32(34,35)36/h3-14,17,24-25,28,38,43H,2,15-16H2,1H3,(H,39,44)/t24-,25-,28-/m0/s1. The molecule has 2 heterocycles. The van der Waals surface area contributed by atoms with Gasteiger partial charge in [-0.25, -0.2) is 9.07 Å². The molecule has 9 nitrogen and oxygen atoms in total. The fourth-order valence-electron chi connectivity index (χ4n) is 5.61. The minimum Gasteiger partial charge on any atom is -0.396 e. The lowest BCUT2D eigenvalue weighted by Crippen LogP contribution is -2.55. The molecule has 5 rings (SSSR count). The van der Waals surface area contributed by atoms with Crippen molar-refractivity contribution in [3.05, 3.63) is 113 Å². The molecule has 3 N–H and O–H groups in total. The number of carbonyl (C=O) groups is 2. The second-order valence-electron chi connectivity index (χ2n) is 10.3. The third-order valence-corrected chi connectivity index (χ3v) is 7.63. The SMILES string of the molecule is CCN1C(=O)[C@@H](NC(=O)c2cccc(C(F)(F)F)c2)[C@@H](c2ccc(F)cc2)c2c([C@H](CCO)NC#N)nn(-c3ccccc3)c21. The molecule has 0 radical (unpaired) electrons. The molecule has 0 aliphatic carbocycles. The molecule has 3 atom stereocenters. The predicted octanol–water partition coefficient (Wildman–Crippen LogP) is 4.82. The maximum absolute atomic E-state index is 14.3. The number of nitriles is 1. The van der Waals surface area contributed by atoms with E-state index in [0.717, 1.165) is 12.1 Å². The monoisotopic (exact) mass is 620 g/mol. The van der Waals surface area contributed by atoms with Crippen LogP contribution in [0.4, 0.5) is 23.4 Å². The molecule has 0 fully saturated rings. The molecule has 3 aromatic carbocycles. The number of halogens is 4. The Labute approximate surface area is 255 Å². The van der Waals surface area contributed by atoms with Gasteiger partial charge in [0.05, 0.1) is 23.0 Å². The molecule has 0 saturated heterocycles. The van der Waals surface area contributed by atoms with Crippen molar-refractivity contribution in [2.45, 2.75) is 37.5 Å². The molecule has 2 amide bonds. The number of carbonyl (C=O) groups excluding carboxylic acids is 2. The second-order valence-corrected chi connectivity index (χ2v) is 10.3. The van der Waals surface area contributed by atoms with Crippen LogP contribution in [0, 0.1) is 17.3 Å². The predicted molar refractivity (Wildman–Crippen MR) is 156 cm³/mol. The van der Waals surface area contributed by atoms with Gasteiger partial charge in [-0.2, -0.15) is 23.5 Å². The number of amides is 2. The van der Waals surface area contributed by atoms with E-state index in [0.29, 0.717) is 34.4 Å². The van der Waals surface area contributed by atoms with Crippen molar-refractivity contribution in [3.8, 4) is 11.9 Å². The zero-order chi connectivity index (χ0) is 32.3. The number of benzene rings is 3. The lowest BCUT2D eigenvalue weighted by molar-refractivity contribution is -0.137. The van der Waals surface area contributed by atoms with Gasteiger partial charge in [-0.15, -0.1) is 0 Å². The first-order valence-electron chi connectivity index (χ1n) is 14.1. The Bertz CT molecular complexity index is 1730. The number of anilines is 1. The molecule has 232 valence electrons. The van der Waals surface area contributed by atoms with Gasteiger partial charge in [-0.05, 0) is 61.4 Å². The number of fused-ring (bicyclic) bond motifs is 1. The van der Waals surface area contributed by atoms with E-state index in [9.17, 15) is 37.5 Å². The zero-order valence-corrected chi connectivity index (χ0v) is 23.9. The van der Waals surface area contributed by atoms with Crippen molar-refractivity contribution >= 4 is 17.6 Å². The highest BCUT2D eigenvalue weighted by Crippen LogP contribution is 2.45. The topological polar surface area (TPSA) is 123 Å². The Kier molecular flexibility index (Phi) is 8.87. The van der Waals surface area contributed by atoms with Crippen LogP contribution in [0.2, 0.25) is 0 Å². The Morgan fingerprint density at radius 3 is 2.42 bits per heavy atom. The molecule has 1 aromatic heterocycles. The molecular weight excluding hydrogens is 592 g/mol. The Hall–Kier alpha value is -5.22. The summed E-state index contributed by atoms with van der Waals surface area (Å²) in [5.74, 6) is -2.73. The summed E-state index contributed by atoms with van der Waals surface area (Å²) in [5.41, 5.74) is 0.359. The summed E-state index contributed by atoms with van der Waals surface area (Å²) in [6, 6.07) is 15.8. The number of aliphatic hydroxyl groups is 1. The van der Waals surface area contributed by atoms with Crippen LogP contribution < -0.4 is 15.5 Å². The highest BCUT2D eigenvalue weighted by molar-refractivity contribution is 6.05. The van der Waals surface area contributed by atoms with Crippen molar-refractivity contribution in [1.29, 1.82) is 5.26 Å². The van der Waals surface area contributed by atoms with Gasteiger partial charge in [0.1, 0.15) is 17.7 Å². The van der Waals surface area contributed by atoms with E-state index in [2.05, 4.69) is 10.6 Å². The fraction of sp³-hybridized carbons (Fsp3) is 0.250. The molecule has 0 bridgehead atoms. The van der Waals surface area contributed by atoms with Gasteiger partial charge in [-0.3, -0.25) is 14.5 Å². The molecule has 13 heteroatoms. The van der Waals surface area contributed by atoms with Crippen molar-refractivity contribution in [2.24, 2.45) is 0 Å². The maximum Gasteiger partial charge on any atom is 0.416 e. The van der Waals surface area contributed by atoms with Crippen LogP contribution in [0.5, 0.6) is 0 Å². The van der Waals surface area contributed by atoms with Gasteiger partial charge >= 0.3 is 6.18 Å². The molecular formula is C32H28F4N6O3. The van der Waals surface area contributed by atoms with E-state index >= 15 is 0 Å². The normalized spacial score (nSPS) is 16.9. The summed E-state index contributed by atoms with van der Waals surface area (Å²) in [5, 5.41) is 29.5. The third kappa shape index (κ3) is 6.09. The Morgan fingerprint density at radius 1 is 1.09 bits per heavy atom. The lowest BCUT2D eigenvalue weighted by Gasteiger charge is -2.39. The molecule has 45 heavy (non-hydrogen) atoms. The first kappa shape index (κ1) is 31.2. The van der Waals surface area contributed by atoms with E-state index in [1.54, 1.807) is 37.3 Å². The number of likely N-dealkylation sites (N-methyl/N-ethyl adjacent to an activating group) is 1. The summed E-state index contributed by atoms with van der Waals surface area (Å²) in [6.45, 7) is 1.51. The van der Waals surface area contributed by atoms with E-state index in [-0.39, 0.29) is 25.1 Å². The van der Waals surface area contributed by atoms with E-state index in [1.807, 2.05) is 6.19 Å². The van der Waals surface area contributed by atoms with Crippen LogP contribution in [0.1, 0.15) is 58.0 Å². The van der Waals surface area contributed by atoms with Crippen LogP contribution in [0.25, 0.3) is 5.69 Å². The van der Waals surface area contributed by atoms with Gasteiger partial charge in [0.2, 0.25) is 0 Å². The van der Waals surface area contributed by atoms with Gasteiger partial charge < -0.3 is 15.7 Å². The number of nitrogens with zero attached hydrogens (tertiary/aromatic N) is 4. The van der Waals surface area contributed by atoms with Gasteiger partial charge in [0.15, 0.2) is 6.19 Å². The van der Waals surface area contributed by atoms with E-state index < -0.39 is 47.4 Å². The number of alkyl halides is 3. The van der Waals surface area contributed by atoms with Crippen LogP contribution in [-0.4, -0.2) is 45.9 Å². The summed E-state index contributed by atoms with van der Waals surface area (Å²) in [6.07, 6.45) is -2.75. The summed E-state index contributed by atoms with van der Waals surface area (Å²) in [7, 11) is 0. The highest BCUT2D eigenvalue weighted by Gasteiger charge is 2.47. The number of aliphatic hydroxyl groups excluding tert-OH is 1. The third-order valence-electron chi connectivity index (χ3n) is 7.63. The van der Waals surface area contributed by atoms with Crippen molar-refractivity contribution in [2.75, 3.05) is 18.1 Å². The van der Waals surface area contributed by atoms with Gasteiger partial charge in [-0.1, -0.05) is 36.4 Å². The minimum atomic E-state index is -4.70. The quantitative estimate of drug-likeness (QED) is 0.140. The lowest BCUT2D eigenvalue weighted by atomic mass is 9.79. The average molecular weight is 621 g/mol. The second kappa shape index (κ2) is 12.8. The van der Waals surface area contributed by atoms with Gasteiger partial charge in [0, 0.05) is 30.2 Å².